The predicted octanol–water partition coefficient (Wildman–Crippen LogP) is 2.34. The van der Waals surface area contributed by atoms with Crippen molar-refractivity contribution in [1.82, 2.24) is 19.4 Å². The Hall–Kier alpha value is -3.10. The minimum absolute atomic E-state index is 0.258. The number of pyridine rings is 1. The zero-order valence-electron chi connectivity index (χ0n) is 14.5. The van der Waals surface area contributed by atoms with E-state index in [9.17, 15) is 22.8 Å². The van der Waals surface area contributed by atoms with Crippen molar-refractivity contribution >= 4 is 16.9 Å². The molecule has 0 aliphatic carbocycles. The minimum atomic E-state index is -4.58. The summed E-state index contributed by atoms with van der Waals surface area (Å²) >= 11 is 0. The Labute approximate surface area is 152 Å². The summed E-state index contributed by atoms with van der Waals surface area (Å²) in [4.78, 5) is 28.1. The summed E-state index contributed by atoms with van der Waals surface area (Å²) in [6.07, 6.45) is -3.93. The third kappa shape index (κ3) is 4.18. The number of carbonyl (C=O) groups is 1. The van der Waals surface area contributed by atoms with Gasteiger partial charge in [0.1, 0.15) is 12.4 Å². The van der Waals surface area contributed by atoms with Crippen molar-refractivity contribution in [3.8, 4) is 0 Å². The molecular weight excluding hydrogens is 361 g/mol. The lowest BCUT2D eigenvalue weighted by atomic mass is 10.3. The van der Waals surface area contributed by atoms with Gasteiger partial charge >= 0.3 is 6.18 Å². The van der Waals surface area contributed by atoms with Crippen LogP contribution in [0.1, 0.15) is 11.4 Å². The van der Waals surface area contributed by atoms with Gasteiger partial charge in [-0.3, -0.25) is 9.59 Å². The standard InChI is InChI=1S/C18H17F3N4O2/c1-12-23-14-4-2-3-5-15(14)25(12)9-8-22-16(26)11-24-10-13(18(19,20)21)6-7-17(24)27/h2-7,10H,8-9,11H2,1H3,(H,22,26). The number of carbonyl (C=O) groups excluding carboxylic acids is 1. The van der Waals surface area contributed by atoms with Crippen LogP contribution in [0.15, 0.2) is 47.4 Å². The lowest BCUT2D eigenvalue weighted by Gasteiger charge is -2.12. The summed E-state index contributed by atoms with van der Waals surface area (Å²) in [6, 6.07) is 9.07. The molecule has 0 aliphatic rings. The smallest absolute Gasteiger partial charge is 0.353 e. The van der Waals surface area contributed by atoms with Gasteiger partial charge < -0.3 is 14.5 Å². The maximum atomic E-state index is 12.7. The number of fused-ring (bicyclic) bond motifs is 1. The van der Waals surface area contributed by atoms with Crippen LogP contribution in [-0.2, 0) is 24.1 Å². The van der Waals surface area contributed by atoms with Crippen LogP contribution in [0.5, 0.6) is 0 Å². The first-order valence-electron chi connectivity index (χ1n) is 8.22. The Kier molecular flexibility index (Phi) is 5.02. The monoisotopic (exact) mass is 378 g/mol. The number of para-hydroxylation sites is 2. The van der Waals surface area contributed by atoms with Crippen molar-refractivity contribution in [1.29, 1.82) is 0 Å². The van der Waals surface area contributed by atoms with Crippen LogP contribution in [0.25, 0.3) is 11.0 Å². The zero-order chi connectivity index (χ0) is 19.6. The number of alkyl halides is 3. The highest BCUT2D eigenvalue weighted by atomic mass is 19.4. The van der Waals surface area contributed by atoms with Gasteiger partial charge in [-0.1, -0.05) is 12.1 Å². The van der Waals surface area contributed by atoms with E-state index in [0.717, 1.165) is 27.5 Å². The highest BCUT2D eigenvalue weighted by molar-refractivity contribution is 5.76. The van der Waals surface area contributed by atoms with Crippen LogP contribution in [0.4, 0.5) is 13.2 Å². The predicted molar refractivity (Wildman–Crippen MR) is 93.2 cm³/mol. The number of imidazole rings is 1. The molecular formula is C18H17F3N4O2. The fourth-order valence-electron chi connectivity index (χ4n) is 2.82. The van der Waals surface area contributed by atoms with Crippen LogP contribution in [0.3, 0.4) is 0 Å². The molecule has 0 saturated carbocycles. The number of rotatable bonds is 5. The van der Waals surface area contributed by atoms with Crippen molar-refractivity contribution in [2.24, 2.45) is 0 Å². The van der Waals surface area contributed by atoms with Crippen LogP contribution >= 0.6 is 0 Å². The quantitative estimate of drug-likeness (QED) is 0.741. The van der Waals surface area contributed by atoms with Gasteiger partial charge in [0.2, 0.25) is 5.91 Å². The van der Waals surface area contributed by atoms with E-state index in [1.165, 1.54) is 0 Å². The maximum absolute atomic E-state index is 12.7. The van der Waals surface area contributed by atoms with Gasteiger partial charge in [-0.15, -0.1) is 0 Å². The van der Waals surface area contributed by atoms with Crippen LogP contribution in [0.2, 0.25) is 0 Å². The van der Waals surface area contributed by atoms with E-state index in [4.69, 9.17) is 0 Å². The van der Waals surface area contributed by atoms with E-state index < -0.39 is 29.8 Å². The molecule has 1 amide bonds. The van der Waals surface area contributed by atoms with Crippen LogP contribution in [0, 0.1) is 6.92 Å². The largest absolute Gasteiger partial charge is 0.417 e. The molecule has 0 bridgehead atoms. The van der Waals surface area contributed by atoms with Crippen molar-refractivity contribution < 1.29 is 18.0 Å². The molecule has 142 valence electrons. The number of nitrogens with zero attached hydrogens (tertiary/aromatic N) is 3. The Morgan fingerprint density at radius 3 is 2.67 bits per heavy atom. The Balaban J connectivity index is 1.63. The fourth-order valence-corrected chi connectivity index (χ4v) is 2.82. The second kappa shape index (κ2) is 7.26. The highest BCUT2D eigenvalue weighted by Crippen LogP contribution is 2.27. The first-order valence-corrected chi connectivity index (χ1v) is 8.22. The van der Waals surface area contributed by atoms with Crippen LogP contribution < -0.4 is 10.9 Å². The summed E-state index contributed by atoms with van der Waals surface area (Å²) in [7, 11) is 0. The molecule has 0 unspecified atom stereocenters. The Morgan fingerprint density at radius 2 is 1.93 bits per heavy atom. The average Bonchev–Trinajstić information content (AvgIpc) is 2.91. The SMILES string of the molecule is Cc1nc2ccccc2n1CCNC(=O)Cn1cc(C(F)(F)F)ccc1=O. The molecule has 2 heterocycles. The van der Waals surface area contributed by atoms with E-state index >= 15 is 0 Å². The topological polar surface area (TPSA) is 68.9 Å². The lowest BCUT2D eigenvalue weighted by molar-refractivity contribution is -0.138. The molecule has 0 radical (unpaired) electrons. The number of hydrogen-bond acceptors (Lipinski definition) is 3. The van der Waals surface area contributed by atoms with Crippen LogP contribution in [-0.4, -0.2) is 26.6 Å². The van der Waals surface area contributed by atoms with Crippen molar-refractivity contribution in [2.45, 2.75) is 26.2 Å². The summed E-state index contributed by atoms with van der Waals surface area (Å²) in [5.41, 5.74) is 0.125. The molecule has 0 saturated heterocycles. The molecule has 0 spiro atoms. The van der Waals surface area contributed by atoms with E-state index in [-0.39, 0.29) is 6.54 Å². The van der Waals surface area contributed by atoms with Gasteiger partial charge in [0, 0.05) is 25.4 Å². The molecule has 3 aromatic rings. The van der Waals surface area contributed by atoms with E-state index in [0.29, 0.717) is 18.8 Å². The summed E-state index contributed by atoms with van der Waals surface area (Å²) < 4.78 is 40.9. The second-order valence-corrected chi connectivity index (χ2v) is 6.03. The summed E-state index contributed by atoms with van der Waals surface area (Å²) in [5, 5.41) is 2.62. The molecule has 1 aromatic carbocycles. The number of nitrogens with one attached hydrogen (secondary N) is 1. The first kappa shape index (κ1) is 18.7. The van der Waals surface area contributed by atoms with Gasteiger partial charge in [0.25, 0.3) is 5.56 Å². The van der Waals surface area contributed by atoms with E-state index in [1.54, 1.807) is 0 Å². The number of benzene rings is 1. The Bertz CT molecular complexity index is 1040. The number of amides is 1. The fraction of sp³-hybridized carbons (Fsp3) is 0.278. The minimum Gasteiger partial charge on any atom is -0.353 e. The first-order chi connectivity index (χ1) is 12.8. The molecule has 0 aliphatic heterocycles. The van der Waals surface area contributed by atoms with Gasteiger partial charge in [-0.2, -0.15) is 13.2 Å². The lowest BCUT2D eigenvalue weighted by Crippen LogP contribution is -2.34. The third-order valence-electron chi connectivity index (χ3n) is 4.13. The van der Waals surface area contributed by atoms with Crippen molar-refractivity contribution in [2.75, 3.05) is 6.54 Å². The second-order valence-electron chi connectivity index (χ2n) is 6.03. The maximum Gasteiger partial charge on any atom is 0.417 e. The Morgan fingerprint density at radius 1 is 1.19 bits per heavy atom. The third-order valence-corrected chi connectivity index (χ3v) is 4.13. The molecule has 2 aromatic heterocycles. The van der Waals surface area contributed by atoms with E-state index in [2.05, 4.69) is 10.3 Å². The molecule has 0 fully saturated rings. The molecule has 9 heteroatoms. The molecule has 6 nitrogen and oxygen atoms in total. The van der Waals surface area contributed by atoms with Gasteiger partial charge in [0.05, 0.1) is 16.6 Å². The van der Waals surface area contributed by atoms with E-state index in [1.807, 2.05) is 35.8 Å². The van der Waals surface area contributed by atoms with Crippen molar-refractivity contribution in [3.05, 3.63) is 64.3 Å². The zero-order valence-corrected chi connectivity index (χ0v) is 14.5. The van der Waals surface area contributed by atoms with Gasteiger partial charge in [0.15, 0.2) is 0 Å². The summed E-state index contributed by atoms with van der Waals surface area (Å²) in [5.74, 6) is 0.248. The number of aryl methyl sites for hydroxylation is 1. The molecule has 3 rings (SSSR count). The molecule has 27 heavy (non-hydrogen) atoms. The number of halogens is 3. The molecule has 1 N–H and O–H groups in total. The normalized spacial score (nSPS) is 11.7. The van der Waals surface area contributed by atoms with Gasteiger partial charge in [-0.05, 0) is 25.1 Å². The molecule has 0 atom stereocenters. The van der Waals surface area contributed by atoms with Gasteiger partial charge in [-0.25, -0.2) is 4.98 Å². The average molecular weight is 378 g/mol. The summed E-state index contributed by atoms with van der Waals surface area (Å²) in [6.45, 7) is 2.08. The van der Waals surface area contributed by atoms with Crippen molar-refractivity contribution in [3.63, 3.8) is 0 Å². The highest BCUT2D eigenvalue weighted by Gasteiger charge is 2.31. The number of aromatic nitrogens is 3. The number of hydrogen-bond donors (Lipinski definition) is 1.